The fraction of sp³-hybridized carbons (Fsp3) is 0.222. The van der Waals surface area contributed by atoms with Crippen LogP contribution in [0.1, 0.15) is 29.2 Å². The van der Waals surface area contributed by atoms with E-state index in [1.54, 1.807) is 0 Å². The zero-order valence-corrected chi connectivity index (χ0v) is 11.5. The van der Waals surface area contributed by atoms with E-state index in [-0.39, 0.29) is 12.1 Å². The molecule has 2 aromatic rings. The van der Waals surface area contributed by atoms with Gasteiger partial charge < -0.3 is 4.74 Å². The van der Waals surface area contributed by atoms with Crippen LogP contribution < -0.4 is 0 Å². The van der Waals surface area contributed by atoms with Gasteiger partial charge in [0.2, 0.25) is 0 Å². The Balaban J connectivity index is 1.62. The predicted molar refractivity (Wildman–Crippen MR) is 80.8 cm³/mol. The van der Waals surface area contributed by atoms with Crippen LogP contribution in [0.5, 0.6) is 0 Å². The van der Waals surface area contributed by atoms with E-state index >= 15 is 0 Å². The molecule has 2 aliphatic rings. The zero-order chi connectivity index (χ0) is 14.2. The van der Waals surface area contributed by atoms with Crippen molar-refractivity contribution in [2.75, 3.05) is 0 Å². The number of esters is 1. The number of hydrogen-bond donors (Lipinski definition) is 0. The first-order valence-electron chi connectivity index (χ1n) is 7.21. The highest BCUT2D eigenvalue weighted by Gasteiger charge is 2.41. The summed E-state index contributed by atoms with van der Waals surface area (Å²) in [5.41, 5.74) is 4.40. The summed E-state index contributed by atoms with van der Waals surface area (Å²) in [5.74, 6) is 0.245. The number of fused-ring (bicyclic) bond motifs is 3. The molecule has 1 aliphatic carbocycles. The fourth-order valence-electron chi connectivity index (χ4n) is 3.19. The molecule has 4 rings (SSSR count). The van der Waals surface area contributed by atoms with Gasteiger partial charge in [-0.1, -0.05) is 36.4 Å². The molecule has 3 nitrogen and oxygen atoms in total. The number of hydrogen-bond acceptors (Lipinski definition) is 3. The number of aliphatic imine (C=N–C) groups is 1. The van der Waals surface area contributed by atoms with Crippen LogP contribution in [-0.4, -0.2) is 12.2 Å². The maximum Gasteiger partial charge on any atom is 0.306 e. The van der Waals surface area contributed by atoms with Gasteiger partial charge in [-0.3, -0.25) is 9.79 Å². The Hall–Kier alpha value is -2.42. The monoisotopic (exact) mass is 277 g/mol. The van der Waals surface area contributed by atoms with Gasteiger partial charge in [-0.15, -0.1) is 0 Å². The molecule has 0 bridgehead atoms. The van der Waals surface area contributed by atoms with Gasteiger partial charge >= 0.3 is 5.97 Å². The van der Waals surface area contributed by atoms with Crippen molar-refractivity contribution < 1.29 is 9.53 Å². The molecule has 0 aromatic heterocycles. The minimum absolute atomic E-state index is 0.0561. The van der Waals surface area contributed by atoms with Crippen LogP contribution in [0, 0.1) is 5.92 Å². The number of nitrogens with zero attached hydrogens (tertiary/aromatic N) is 1. The van der Waals surface area contributed by atoms with E-state index in [0.29, 0.717) is 12.3 Å². The number of rotatable bonds is 2. The topological polar surface area (TPSA) is 38.7 Å². The van der Waals surface area contributed by atoms with Crippen molar-refractivity contribution in [2.45, 2.75) is 18.9 Å². The van der Waals surface area contributed by atoms with E-state index in [0.717, 1.165) is 23.2 Å². The summed E-state index contributed by atoms with van der Waals surface area (Å²) in [6.45, 7) is 0. The van der Waals surface area contributed by atoms with Gasteiger partial charge in [-0.2, -0.15) is 0 Å². The quantitative estimate of drug-likeness (QED) is 0.621. The maximum absolute atomic E-state index is 11.4. The molecule has 1 heterocycles. The number of benzene rings is 2. The Morgan fingerprint density at radius 3 is 2.81 bits per heavy atom. The van der Waals surface area contributed by atoms with Gasteiger partial charge in [-0.05, 0) is 35.2 Å². The SMILES string of the molecule is O=C1CC2Cc3ccc(N=Cc4ccccc4)cc3C2O1. The Bertz CT molecular complexity index is 721. The molecule has 3 heteroatoms. The largest absolute Gasteiger partial charge is 0.457 e. The standard InChI is InChI=1S/C18H15NO2/c20-17-9-14-8-13-6-7-15(10-16(13)18(14)21-17)19-11-12-4-2-1-3-5-12/h1-7,10-11,14,18H,8-9H2. The van der Waals surface area contributed by atoms with Crippen LogP contribution in [0.15, 0.2) is 53.5 Å². The van der Waals surface area contributed by atoms with E-state index in [4.69, 9.17) is 4.74 Å². The molecule has 2 unspecified atom stereocenters. The molecular weight excluding hydrogens is 262 g/mol. The zero-order valence-electron chi connectivity index (χ0n) is 11.5. The van der Waals surface area contributed by atoms with Gasteiger partial charge in [0.1, 0.15) is 6.10 Å². The lowest BCUT2D eigenvalue weighted by Gasteiger charge is -2.09. The van der Waals surface area contributed by atoms with Crippen molar-refractivity contribution in [3.05, 3.63) is 65.2 Å². The molecule has 21 heavy (non-hydrogen) atoms. The molecule has 2 aromatic carbocycles. The highest BCUT2D eigenvalue weighted by atomic mass is 16.6. The summed E-state index contributed by atoms with van der Waals surface area (Å²) >= 11 is 0. The second-order valence-electron chi connectivity index (χ2n) is 5.63. The first-order chi connectivity index (χ1) is 10.3. The molecule has 1 fully saturated rings. The summed E-state index contributed by atoms with van der Waals surface area (Å²) in [7, 11) is 0. The summed E-state index contributed by atoms with van der Waals surface area (Å²) < 4.78 is 5.44. The Morgan fingerprint density at radius 1 is 1.10 bits per heavy atom. The smallest absolute Gasteiger partial charge is 0.306 e. The molecule has 2 atom stereocenters. The molecule has 0 spiro atoms. The fourth-order valence-corrected chi connectivity index (χ4v) is 3.19. The predicted octanol–water partition coefficient (Wildman–Crippen LogP) is 3.60. The van der Waals surface area contributed by atoms with Crippen molar-refractivity contribution in [3.63, 3.8) is 0 Å². The van der Waals surface area contributed by atoms with Gasteiger partial charge in [0, 0.05) is 12.1 Å². The molecule has 0 amide bonds. The summed E-state index contributed by atoms with van der Waals surface area (Å²) in [6, 6.07) is 16.2. The molecular formula is C18H15NO2. The van der Waals surface area contributed by atoms with Crippen LogP contribution in [0.3, 0.4) is 0 Å². The van der Waals surface area contributed by atoms with E-state index in [1.165, 1.54) is 5.56 Å². The van der Waals surface area contributed by atoms with Crippen LogP contribution in [-0.2, 0) is 16.0 Å². The number of carbonyl (C=O) groups is 1. The van der Waals surface area contributed by atoms with E-state index in [2.05, 4.69) is 17.1 Å². The summed E-state index contributed by atoms with van der Waals surface area (Å²) in [4.78, 5) is 15.9. The van der Waals surface area contributed by atoms with Crippen molar-refractivity contribution in [2.24, 2.45) is 10.9 Å². The van der Waals surface area contributed by atoms with E-state index < -0.39 is 0 Å². The second kappa shape index (κ2) is 4.85. The minimum Gasteiger partial charge on any atom is -0.457 e. The lowest BCUT2D eigenvalue weighted by molar-refractivity contribution is -0.141. The molecule has 0 radical (unpaired) electrons. The second-order valence-corrected chi connectivity index (χ2v) is 5.63. The highest BCUT2D eigenvalue weighted by molar-refractivity contribution is 5.82. The third-order valence-corrected chi connectivity index (χ3v) is 4.20. The van der Waals surface area contributed by atoms with Gasteiger partial charge in [0.05, 0.1) is 12.1 Å². The highest BCUT2D eigenvalue weighted by Crippen LogP contribution is 2.46. The summed E-state index contributed by atoms with van der Waals surface area (Å²) in [6.07, 6.45) is 3.28. The molecule has 1 saturated heterocycles. The summed E-state index contributed by atoms with van der Waals surface area (Å²) in [5, 5.41) is 0. The van der Waals surface area contributed by atoms with Gasteiger partial charge in [0.15, 0.2) is 0 Å². The normalized spacial score (nSPS) is 23.1. The van der Waals surface area contributed by atoms with Crippen LogP contribution in [0.2, 0.25) is 0 Å². The lowest BCUT2D eigenvalue weighted by Crippen LogP contribution is -1.99. The average Bonchev–Trinajstić information content (AvgIpc) is 3.02. The maximum atomic E-state index is 11.4. The Labute approximate surface area is 123 Å². The first kappa shape index (κ1) is 12.3. The molecule has 1 aliphatic heterocycles. The van der Waals surface area contributed by atoms with Crippen LogP contribution >= 0.6 is 0 Å². The van der Waals surface area contributed by atoms with Crippen molar-refractivity contribution in [3.8, 4) is 0 Å². The first-order valence-corrected chi connectivity index (χ1v) is 7.21. The number of carbonyl (C=O) groups excluding carboxylic acids is 1. The molecule has 104 valence electrons. The van der Waals surface area contributed by atoms with Crippen molar-refractivity contribution in [1.82, 2.24) is 0 Å². The Kier molecular flexibility index (Phi) is 2.85. The van der Waals surface area contributed by atoms with Gasteiger partial charge in [0.25, 0.3) is 0 Å². The third-order valence-electron chi connectivity index (χ3n) is 4.20. The lowest BCUT2D eigenvalue weighted by atomic mass is 10.0. The van der Waals surface area contributed by atoms with E-state index in [1.807, 2.05) is 42.6 Å². The third kappa shape index (κ3) is 2.25. The van der Waals surface area contributed by atoms with Crippen LogP contribution in [0.4, 0.5) is 5.69 Å². The average molecular weight is 277 g/mol. The van der Waals surface area contributed by atoms with Gasteiger partial charge in [-0.25, -0.2) is 0 Å². The van der Waals surface area contributed by atoms with E-state index in [9.17, 15) is 4.79 Å². The van der Waals surface area contributed by atoms with Crippen molar-refractivity contribution in [1.29, 1.82) is 0 Å². The van der Waals surface area contributed by atoms with Crippen LogP contribution in [0.25, 0.3) is 0 Å². The molecule has 0 N–H and O–H groups in total. The Morgan fingerprint density at radius 2 is 1.95 bits per heavy atom. The number of ether oxygens (including phenoxy) is 1. The minimum atomic E-state index is -0.0751. The molecule has 0 saturated carbocycles. The van der Waals surface area contributed by atoms with Crippen molar-refractivity contribution >= 4 is 17.9 Å².